The first-order chi connectivity index (χ1) is 12.6. The number of anilines is 1. The first-order valence-electron chi connectivity index (χ1n) is 8.85. The summed E-state index contributed by atoms with van der Waals surface area (Å²) in [5.74, 6) is 2.11. The van der Waals surface area contributed by atoms with Crippen molar-refractivity contribution in [1.82, 2.24) is 4.57 Å². The van der Waals surface area contributed by atoms with E-state index in [1.165, 1.54) is 0 Å². The maximum atomic E-state index is 10.5. The van der Waals surface area contributed by atoms with Gasteiger partial charge in [-0.2, -0.15) is 0 Å². The summed E-state index contributed by atoms with van der Waals surface area (Å²) in [5.41, 5.74) is 8.44. The normalized spacial score (nSPS) is 12.3. The quantitative estimate of drug-likeness (QED) is 0.608. The van der Waals surface area contributed by atoms with Crippen molar-refractivity contribution in [3.63, 3.8) is 0 Å². The zero-order valence-corrected chi connectivity index (χ0v) is 15.3. The Balaban J connectivity index is 1.72. The zero-order chi connectivity index (χ0) is 18.5. The molecule has 6 heteroatoms. The number of para-hydroxylation sites is 2. The number of benzene rings is 2. The van der Waals surface area contributed by atoms with Crippen molar-refractivity contribution in [3.8, 4) is 11.5 Å². The molecule has 0 aliphatic carbocycles. The lowest BCUT2D eigenvalue weighted by Crippen LogP contribution is -2.43. The molecule has 1 aromatic heterocycles. The Labute approximate surface area is 153 Å². The number of aryl methyl sites for hydroxylation is 1. The van der Waals surface area contributed by atoms with Crippen LogP contribution in [0.25, 0.3) is 11.0 Å². The minimum atomic E-state index is -0.676. The summed E-state index contributed by atoms with van der Waals surface area (Å²) in [7, 11) is 1.62. The number of aliphatic hydroxyl groups is 1. The van der Waals surface area contributed by atoms with E-state index in [-0.39, 0.29) is 6.61 Å². The average Bonchev–Trinajstić information content (AvgIpc) is 2.93. The van der Waals surface area contributed by atoms with Gasteiger partial charge >= 0.3 is 5.95 Å². The van der Waals surface area contributed by atoms with Crippen molar-refractivity contribution in [2.75, 3.05) is 19.5 Å². The minimum absolute atomic E-state index is 0.187. The van der Waals surface area contributed by atoms with E-state index in [0.29, 0.717) is 18.2 Å². The largest absolute Gasteiger partial charge is 0.497 e. The van der Waals surface area contributed by atoms with Gasteiger partial charge < -0.3 is 14.6 Å². The van der Waals surface area contributed by atoms with Gasteiger partial charge in [-0.25, -0.2) is 9.13 Å². The Bertz CT molecular complexity index is 859. The zero-order valence-electron chi connectivity index (χ0n) is 15.3. The van der Waals surface area contributed by atoms with Crippen LogP contribution in [-0.2, 0) is 13.1 Å². The van der Waals surface area contributed by atoms with Gasteiger partial charge in [0, 0.05) is 0 Å². The van der Waals surface area contributed by atoms with Crippen molar-refractivity contribution in [3.05, 3.63) is 48.5 Å². The van der Waals surface area contributed by atoms with Gasteiger partial charge in [0.1, 0.15) is 41.8 Å². The second-order valence-corrected chi connectivity index (χ2v) is 6.25. The highest BCUT2D eigenvalue weighted by molar-refractivity contribution is 5.73. The topological polar surface area (TPSA) is 73.5 Å². The first-order valence-corrected chi connectivity index (χ1v) is 8.85. The average molecular weight is 356 g/mol. The van der Waals surface area contributed by atoms with Gasteiger partial charge in [0.2, 0.25) is 0 Å². The first kappa shape index (κ1) is 18.1. The third-order valence-electron chi connectivity index (χ3n) is 4.36. The third kappa shape index (κ3) is 3.75. The van der Waals surface area contributed by atoms with E-state index in [1.807, 2.05) is 47.0 Å². The highest BCUT2D eigenvalue weighted by Crippen LogP contribution is 2.18. The van der Waals surface area contributed by atoms with Crippen LogP contribution in [0.3, 0.4) is 0 Å². The van der Waals surface area contributed by atoms with Crippen LogP contribution in [0.1, 0.15) is 13.3 Å². The maximum Gasteiger partial charge on any atom is 0.356 e. The molecule has 26 heavy (non-hydrogen) atoms. The number of hydrogen-bond donors (Lipinski definition) is 2. The number of methoxy groups -OCH3 is 1. The van der Waals surface area contributed by atoms with Crippen LogP contribution in [0, 0.1) is 0 Å². The molecule has 0 spiro atoms. The van der Waals surface area contributed by atoms with Crippen LogP contribution in [0.4, 0.5) is 5.95 Å². The standard InChI is InChI=1S/C20H25N3O3/c1-3-12-22-18-6-4-5-7-19(18)23(20(22)21)13-15(24)14-26-17-10-8-16(25-2)9-11-17/h4-11,15,21,24H,3,12-14H2,1-2H3/p+1/t15-/m1/s1. The van der Waals surface area contributed by atoms with Crippen LogP contribution in [0.2, 0.25) is 0 Å². The summed E-state index contributed by atoms with van der Waals surface area (Å²) < 4.78 is 14.8. The van der Waals surface area contributed by atoms with Crippen LogP contribution >= 0.6 is 0 Å². The lowest BCUT2D eigenvalue weighted by molar-refractivity contribution is -0.665. The van der Waals surface area contributed by atoms with Gasteiger partial charge in [-0.05, 0) is 42.8 Å². The second-order valence-electron chi connectivity index (χ2n) is 6.25. The Morgan fingerprint density at radius 3 is 2.50 bits per heavy atom. The molecule has 0 saturated carbocycles. The fourth-order valence-electron chi connectivity index (χ4n) is 3.09. The molecule has 1 atom stereocenters. The minimum Gasteiger partial charge on any atom is -0.497 e. The number of fused-ring (bicyclic) bond motifs is 1. The number of ether oxygens (including phenoxy) is 2. The number of imidazole rings is 1. The second kappa shape index (κ2) is 8.10. The molecule has 138 valence electrons. The Hall–Kier alpha value is -2.73. The highest BCUT2D eigenvalue weighted by Gasteiger charge is 2.22. The van der Waals surface area contributed by atoms with E-state index in [0.717, 1.165) is 29.7 Å². The van der Waals surface area contributed by atoms with Crippen molar-refractivity contribution < 1.29 is 19.1 Å². The van der Waals surface area contributed by atoms with Gasteiger partial charge in [0.25, 0.3) is 0 Å². The summed E-state index contributed by atoms with van der Waals surface area (Å²) >= 11 is 0. The molecule has 3 N–H and O–H groups in total. The third-order valence-corrected chi connectivity index (χ3v) is 4.36. The van der Waals surface area contributed by atoms with Crippen LogP contribution in [0.5, 0.6) is 11.5 Å². The number of nitrogens with two attached hydrogens (primary N) is 1. The van der Waals surface area contributed by atoms with Crippen molar-refractivity contribution in [1.29, 1.82) is 0 Å². The van der Waals surface area contributed by atoms with E-state index in [1.54, 1.807) is 7.11 Å². The molecule has 0 unspecified atom stereocenters. The van der Waals surface area contributed by atoms with Gasteiger partial charge in [0.15, 0.2) is 0 Å². The van der Waals surface area contributed by atoms with Gasteiger partial charge in [-0.3, -0.25) is 5.73 Å². The molecule has 0 amide bonds. The molecule has 0 aliphatic heterocycles. The van der Waals surface area contributed by atoms with Crippen LogP contribution < -0.4 is 19.8 Å². The predicted octanol–water partition coefficient (Wildman–Crippen LogP) is 2.37. The number of aromatic nitrogens is 2. The van der Waals surface area contributed by atoms with E-state index in [2.05, 4.69) is 17.6 Å². The van der Waals surface area contributed by atoms with Crippen molar-refractivity contribution >= 4 is 17.0 Å². The van der Waals surface area contributed by atoms with E-state index < -0.39 is 6.10 Å². The van der Waals surface area contributed by atoms with E-state index in [4.69, 9.17) is 15.2 Å². The summed E-state index contributed by atoms with van der Waals surface area (Å²) in [5, 5.41) is 10.5. The summed E-state index contributed by atoms with van der Waals surface area (Å²) in [4.78, 5) is 0. The Morgan fingerprint density at radius 1 is 1.12 bits per heavy atom. The molecular formula is C20H26N3O3+. The van der Waals surface area contributed by atoms with Gasteiger partial charge in [-0.1, -0.05) is 19.1 Å². The smallest absolute Gasteiger partial charge is 0.356 e. The molecule has 0 bridgehead atoms. The molecule has 2 aromatic carbocycles. The number of hydrogen-bond acceptors (Lipinski definition) is 4. The summed E-state index contributed by atoms with van der Waals surface area (Å²) in [6, 6.07) is 15.4. The van der Waals surface area contributed by atoms with Crippen LogP contribution in [-0.4, -0.2) is 29.5 Å². The monoisotopic (exact) mass is 356 g/mol. The predicted molar refractivity (Wildman–Crippen MR) is 101 cm³/mol. The lowest BCUT2D eigenvalue weighted by atomic mass is 10.3. The molecule has 0 fully saturated rings. The molecule has 0 aliphatic rings. The molecule has 1 heterocycles. The summed E-state index contributed by atoms with van der Waals surface area (Å²) in [6.07, 6.45) is 0.316. The lowest BCUT2D eigenvalue weighted by Gasteiger charge is -2.12. The summed E-state index contributed by atoms with van der Waals surface area (Å²) in [6.45, 7) is 3.53. The van der Waals surface area contributed by atoms with Crippen LogP contribution in [0.15, 0.2) is 48.5 Å². The number of rotatable bonds is 8. The van der Waals surface area contributed by atoms with Crippen molar-refractivity contribution in [2.45, 2.75) is 32.5 Å². The molecule has 3 rings (SSSR count). The Morgan fingerprint density at radius 2 is 1.81 bits per heavy atom. The van der Waals surface area contributed by atoms with Gasteiger partial charge in [-0.15, -0.1) is 0 Å². The van der Waals surface area contributed by atoms with E-state index in [9.17, 15) is 5.11 Å². The number of nitrogens with zero attached hydrogens (tertiary/aromatic N) is 2. The molecule has 3 aromatic rings. The highest BCUT2D eigenvalue weighted by atomic mass is 16.5. The SMILES string of the molecule is CCCn1c(N)[n+](C[C@@H](O)COc2ccc(OC)cc2)c2ccccc21. The Kier molecular flexibility index (Phi) is 5.63. The van der Waals surface area contributed by atoms with Gasteiger partial charge in [0.05, 0.1) is 13.7 Å². The fourth-order valence-corrected chi connectivity index (χ4v) is 3.09. The molecular weight excluding hydrogens is 330 g/mol. The van der Waals surface area contributed by atoms with E-state index >= 15 is 0 Å². The molecule has 0 saturated heterocycles. The fraction of sp³-hybridized carbons (Fsp3) is 0.350. The molecule has 6 nitrogen and oxygen atoms in total. The number of aliphatic hydroxyl groups excluding tert-OH is 1. The number of nitrogen functional groups attached to an aromatic ring is 1. The van der Waals surface area contributed by atoms with Crippen molar-refractivity contribution in [2.24, 2.45) is 0 Å². The molecule has 0 radical (unpaired) electrons. The maximum absolute atomic E-state index is 10.5.